The predicted octanol–water partition coefficient (Wildman–Crippen LogP) is 4.62. The molecule has 6 nitrogen and oxygen atoms in total. The molecule has 0 aliphatic heterocycles. The van der Waals surface area contributed by atoms with Crippen LogP contribution in [0.5, 0.6) is 0 Å². The Hall–Kier alpha value is -3.41. The van der Waals surface area contributed by atoms with Crippen molar-refractivity contribution in [3.63, 3.8) is 0 Å². The van der Waals surface area contributed by atoms with Gasteiger partial charge in [0.05, 0.1) is 16.7 Å². The molecule has 0 fully saturated rings. The lowest BCUT2D eigenvalue weighted by molar-refractivity contribution is 0.102. The Morgan fingerprint density at radius 1 is 1.03 bits per heavy atom. The molecule has 0 unspecified atom stereocenters. The van der Waals surface area contributed by atoms with E-state index in [1.54, 1.807) is 4.68 Å². The Bertz CT molecular complexity index is 1190. The zero-order chi connectivity index (χ0) is 20.8. The van der Waals surface area contributed by atoms with Crippen molar-refractivity contribution in [3.8, 4) is 5.95 Å². The minimum absolute atomic E-state index is 0.0466. The van der Waals surface area contributed by atoms with Gasteiger partial charge in [-0.3, -0.25) is 4.79 Å². The number of para-hydroxylation sites is 2. The van der Waals surface area contributed by atoms with E-state index in [4.69, 9.17) is 0 Å². The molecule has 2 heterocycles. The number of rotatable bonds is 3. The first-order valence-corrected chi connectivity index (χ1v) is 9.64. The van der Waals surface area contributed by atoms with E-state index >= 15 is 0 Å². The molecule has 0 saturated heterocycles. The summed E-state index contributed by atoms with van der Waals surface area (Å²) in [5.41, 5.74) is 4.53. The number of fused-ring (bicyclic) bond motifs is 1. The van der Waals surface area contributed by atoms with E-state index < -0.39 is 0 Å². The van der Waals surface area contributed by atoms with Crippen molar-refractivity contribution in [2.75, 3.05) is 5.32 Å². The molecular weight excluding hydrogens is 362 g/mol. The van der Waals surface area contributed by atoms with Crippen LogP contribution >= 0.6 is 0 Å². The number of benzene rings is 2. The summed E-state index contributed by atoms with van der Waals surface area (Å²) in [4.78, 5) is 17.5. The lowest BCUT2D eigenvalue weighted by atomic mass is 9.87. The van der Waals surface area contributed by atoms with Crippen molar-refractivity contribution >= 4 is 22.8 Å². The van der Waals surface area contributed by atoms with E-state index in [1.165, 1.54) is 5.56 Å². The predicted molar refractivity (Wildman–Crippen MR) is 116 cm³/mol. The molecule has 6 heteroatoms. The Morgan fingerprint density at radius 2 is 1.72 bits per heavy atom. The van der Waals surface area contributed by atoms with Crippen LogP contribution < -0.4 is 5.32 Å². The fraction of sp³-hybridized carbons (Fsp3) is 0.261. The number of carbonyl (C=O) groups excluding carboxylic acids is 1. The number of imidazole rings is 1. The molecule has 4 aromatic rings. The first-order chi connectivity index (χ1) is 13.7. The van der Waals surface area contributed by atoms with Gasteiger partial charge in [-0.25, -0.2) is 4.98 Å². The minimum atomic E-state index is -0.176. The lowest BCUT2D eigenvalue weighted by Crippen LogP contribution is -2.17. The van der Waals surface area contributed by atoms with Crippen molar-refractivity contribution < 1.29 is 4.79 Å². The maximum absolute atomic E-state index is 12.8. The van der Waals surface area contributed by atoms with Crippen LogP contribution in [0, 0.1) is 6.92 Å². The fourth-order valence-corrected chi connectivity index (χ4v) is 3.37. The highest BCUT2D eigenvalue weighted by molar-refractivity contribution is 6.04. The van der Waals surface area contributed by atoms with E-state index in [-0.39, 0.29) is 11.3 Å². The molecule has 148 valence electrons. The number of aromatic nitrogens is 4. The highest BCUT2D eigenvalue weighted by atomic mass is 16.1. The van der Waals surface area contributed by atoms with Gasteiger partial charge in [0.25, 0.3) is 5.91 Å². The molecule has 0 saturated carbocycles. The second-order valence-corrected chi connectivity index (χ2v) is 8.32. The van der Waals surface area contributed by atoms with E-state index in [2.05, 4.69) is 36.2 Å². The lowest BCUT2D eigenvalue weighted by Gasteiger charge is -2.19. The summed E-state index contributed by atoms with van der Waals surface area (Å²) in [5, 5.41) is 7.53. The van der Waals surface area contributed by atoms with Gasteiger partial charge in [0.2, 0.25) is 5.95 Å². The quantitative estimate of drug-likeness (QED) is 0.558. The Morgan fingerprint density at radius 3 is 2.38 bits per heavy atom. The molecular formula is C23H25N5O. The van der Waals surface area contributed by atoms with Gasteiger partial charge in [-0.1, -0.05) is 45.0 Å². The van der Waals surface area contributed by atoms with Gasteiger partial charge < -0.3 is 9.88 Å². The van der Waals surface area contributed by atoms with Gasteiger partial charge >= 0.3 is 0 Å². The molecule has 0 radical (unpaired) electrons. The smallest absolute Gasteiger partial charge is 0.256 e. The summed E-state index contributed by atoms with van der Waals surface area (Å²) < 4.78 is 3.65. The molecule has 0 aliphatic rings. The standard InChI is InChI=1S/C23H25N5O/c1-15-14-20(25-21(29)16-10-12-17(13-11-16)23(2,3)4)28(26-15)22-24-18-8-6-7-9-19(18)27(22)5/h6-14H,1-5H3,(H,25,29). The second-order valence-electron chi connectivity index (χ2n) is 8.32. The van der Waals surface area contributed by atoms with Crippen molar-refractivity contribution in [2.24, 2.45) is 7.05 Å². The number of hydrogen-bond acceptors (Lipinski definition) is 3. The maximum atomic E-state index is 12.8. The van der Waals surface area contributed by atoms with E-state index in [1.807, 2.05) is 73.1 Å². The van der Waals surface area contributed by atoms with Gasteiger partial charge in [-0.15, -0.1) is 0 Å². The van der Waals surface area contributed by atoms with Crippen molar-refractivity contribution in [1.82, 2.24) is 19.3 Å². The van der Waals surface area contributed by atoms with Gasteiger partial charge in [-0.05, 0) is 42.2 Å². The van der Waals surface area contributed by atoms with Gasteiger partial charge in [-0.2, -0.15) is 9.78 Å². The maximum Gasteiger partial charge on any atom is 0.256 e. The number of anilines is 1. The number of carbonyl (C=O) groups is 1. The summed E-state index contributed by atoms with van der Waals surface area (Å²) in [6, 6.07) is 17.5. The first kappa shape index (κ1) is 18.9. The molecule has 0 atom stereocenters. The molecule has 2 aromatic carbocycles. The third kappa shape index (κ3) is 3.53. The number of nitrogens with one attached hydrogen (secondary N) is 1. The van der Waals surface area contributed by atoms with Crippen LogP contribution in [0.4, 0.5) is 5.82 Å². The van der Waals surface area contributed by atoms with E-state index in [9.17, 15) is 4.79 Å². The normalized spacial score (nSPS) is 11.8. The van der Waals surface area contributed by atoms with Gasteiger partial charge in [0.15, 0.2) is 0 Å². The largest absolute Gasteiger partial charge is 0.311 e. The topological polar surface area (TPSA) is 64.7 Å². The molecule has 1 amide bonds. The average molecular weight is 387 g/mol. The number of hydrogen-bond donors (Lipinski definition) is 1. The Kier molecular flexibility index (Phi) is 4.49. The first-order valence-electron chi connectivity index (χ1n) is 9.64. The van der Waals surface area contributed by atoms with Crippen LogP contribution in [-0.2, 0) is 12.5 Å². The Balaban J connectivity index is 1.66. The molecule has 0 bridgehead atoms. The molecule has 2 aromatic heterocycles. The summed E-state index contributed by atoms with van der Waals surface area (Å²) in [6.45, 7) is 8.35. The zero-order valence-electron chi connectivity index (χ0n) is 17.4. The van der Waals surface area contributed by atoms with Crippen LogP contribution in [0.25, 0.3) is 17.0 Å². The van der Waals surface area contributed by atoms with Gasteiger partial charge in [0.1, 0.15) is 5.82 Å². The fourth-order valence-electron chi connectivity index (χ4n) is 3.37. The van der Waals surface area contributed by atoms with Crippen LogP contribution in [0.2, 0.25) is 0 Å². The van der Waals surface area contributed by atoms with Crippen LogP contribution in [0.15, 0.2) is 54.6 Å². The van der Waals surface area contributed by atoms with E-state index in [0.717, 1.165) is 16.7 Å². The van der Waals surface area contributed by atoms with Crippen LogP contribution in [0.1, 0.15) is 42.4 Å². The molecule has 4 rings (SSSR count). The third-order valence-electron chi connectivity index (χ3n) is 5.04. The minimum Gasteiger partial charge on any atom is -0.311 e. The average Bonchev–Trinajstić information content (AvgIpc) is 3.21. The molecule has 0 spiro atoms. The zero-order valence-corrected chi connectivity index (χ0v) is 17.4. The third-order valence-corrected chi connectivity index (χ3v) is 5.04. The highest BCUT2D eigenvalue weighted by Crippen LogP contribution is 2.24. The van der Waals surface area contributed by atoms with Crippen molar-refractivity contribution in [3.05, 3.63) is 71.4 Å². The summed E-state index contributed by atoms with van der Waals surface area (Å²) in [7, 11) is 1.94. The summed E-state index contributed by atoms with van der Waals surface area (Å²) in [5.74, 6) is 1.06. The highest BCUT2D eigenvalue weighted by Gasteiger charge is 2.18. The molecule has 0 aliphatic carbocycles. The Labute approximate surface area is 170 Å². The number of nitrogens with zero attached hydrogens (tertiary/aromatic N) is 4. The van der Waals surface area contributed by atoms with E-state index in [0.29, 0.717) is 17.3 Å². The summed E-state index contributed by atoms with van der Waals surface area (Å²) in [6.07, 6.45) is 0. The van der Waals surface area contributed by atoms with Gasteiger partial charge in [0, 0.05) is 18.7 Å². The van der Waals surface area contributed by atoms with Crippen LogP contribution in [-0.4, -0.2) is 25.2 Å². The van der Waals surface area contributed by atoms with Crippen molar-refractivity contribution in [2.45, 2.75) is 33.1 Å². The number of amides is 1. The molecule has 1 N–H and O–H groups in total. The van der Waals surface area contributed by atoms with Crippen molar-refractivity contribution in [1.29, 1.82) is 0 Å². The monoisotopic (exact) mass is 387 g/mol. The molecule has 29 heavy (non-hydrogen) atoms. The summed E-state index contributed by atoms with van der Waals surface area (Å²) >= 11 is 0. The van der Waals surface area contributed by atoms with Crippen LogP contribution in [0.3, 0.4) is 0 Å². The number of aryl methyl sites for hydroxylation is 2. The second kappa shape index (κ2) is 6.88. The SMILES string of the molecule is Cc1cc(NC(=O)c2ccc(C(C)(C)C)cc2)n(-c2nc3ccccc3n2C)n1.